The predicted molar refractivity (Wildman–Crippen MR) is 96.6 cm³/mol. The summed E-state index contributed by atoms with van der Waals surface area (Å²) in [4.78, 5) is 33.1. The van der Waals surface area contributed by atoms with E-state index >= 15 is 0 Å². The van der Waals surface area contributed by atoms with Gasteiger partial charge in [-0.3, -0.25) is 25.0 Å². The van der Waals surface area contributed by atoms with E-state index in [1.807, 2.05) is 0 Å². The number of non-ortho nitro benzene ring substituents is 2. The fourth-order valence-electron chi connectivity index (χ4n) is 2.43. The summed E-state index contributed by atoms with van der Waals surface area (Å²) < 4.78 is 5.49. The zero-order valence-electron chi connectivity index (χ0n) is 14.0. The molecule has 0 unspecified atom stereocenters. The highest BCUT2D eigenvalue weighted by Crippen LogP contribution is 2.27. The van der Waals surface area contributed by atoms with Crippen LogP contribution >= 0.6 is 0 Å². The monoisotopic (exact) mass is 367 g/mol. The Morgan fingerprint density at radius 1 is 0.963 bits per heavy atom. The normalized spacial score (nSPS) is 10.4. The van der Waals surface area contributed by atoms with E-state index in [4.69, 9.17) is 4.42 Å². The molecule has 1 amide bonds. The summed E-state index contributed by atoms with van der Waals surface area (Å²) in [7, 11) is 0. The fraction of sp³-hybridized carbons (Fsp3) is 0.0556. The number of nitrogens with one attached hydrogen (secondary N) is 1. The Hall–Kier alpha value is -4.01. The number of aryl methyl sites for hydroxylation is 1. The van der Waals surface area contributed by atoms with Gasteiger partial charge in [-0.15, -0.1) is 0 Å². The van der Waals surface area contributed by atoms with E-state index in [0.29, 0.717) is 22.6 Å². The molecule has 27 heavy (non-hydrogen) atoms. The highest BCUT2D eigenvalue weighted by molar-refractivity contribution is 6.03. The standard InChI is InChI=1S/C18H13N3O6/c1-11-5-6-14(21(25)26)10-15(11)19-18(22)17-8-7-16(27-17)12-3-2-4-13(9-12)20(23)24/h2-10H,1H3,(H,19,22). The molecule has 0 spiro atoms. The Kier molecular flexibility index (Phi) is 4.67. The van der Waals surface area contributed by atoms with Gasteiger partial charge in [0.2, 0.25) is 0 Å². The molecule has 9 nitrogen and oxygen atoms in total. The summed E-state index contributed by atoms with van der Waals surface area (Å²) in [5.74, 6) is -0.322. The number of nitrogens with zero attached hydrogens (tertiary/aromatic N) is 2. The maximum atomic E-state index is 12.4. The van der Waals surface area contributed by atoms with Crippen LogP contribution in [0.5, 0.6) is 0 Å². The molecule has 1 aromatic heterocycles. The van der Waals surface area contributed by atoms with Crippen LogP contribution in [0.2, 0.25) is 0 Å². The zero-order chi connectivity index (χ0) is 19.6. The van der Waals surface area contributed by atoms with Crippen LogP contribution in [0.1, 0.15) is 16.1 Å². The molecule has 1 heterocycles. The number of hydrogen-bond donors (Lipinski definition) is 1. The molecule has 0 aliphatic carbocycles. The van der Waals surface area contributed by atoms with Crippen molar-refractivity contribution in [2.24, 2.45) is 0 Å². The average Bonchev–Trinajstić information content (AvgIpc) is 3.13. The summed E-state index contributed by atoms with van der Waals surface area (Å²) in [6, 6.07) is 12.9. The molecule has 0 bridgehead atoms. The van der Waals surface area contributed by atoms with Gasteiger partial charge in [-0.1, -0.05) is 18.2 Å². The van der Waals surface area contributed by atoms with Gasteiger partial charge in [0.15, 0.2) is 5.76 Å². The number of amides is 1. The van der Waals surface area contributed by atoms with Crippen molar-refractivity contribution >= 4 is 23.0 Å². The number of benzene rings is 2. The summed E-state index contributed by atoms with van der Waals surface area (Å²) in [6.45, 7) is 1.70. The topological polar surface area (TPSA) is 129 Å². The zero-order valence-corrected chi connectivity index (χ0v) is 14.0. The highest BCUT2D eigenvalue weighted by atomic mass is 16.6. The first-order valence-corrected chi connectivity index (χ1v) is 7.76. The second kappa shape index (κ2) is 7.08. The molecule has 0 saturated carbocycles. The third-order valence-corrected chi connectivity index (χ3v) is 3.85. The van der Waals surface area contributed by atoms with Crippen LogP contribution in [0, 0.1) is 27.2 Å². The van der Waals surface area contributed by atoms with Crippen LogP contribution in [0.3, 0.4) is 0 Å². The Bertz CT molecular complexity index is 1060. The molecule has 0 atom stereocenters. The van der Waals surface area contributed by atoms with Crippen molar-refractivity contribution in [3.8, 4) is 11.3 Å². The number of hydrogen-bond acceptors (Lipinski definition) is 6. The van der Waals surface area contributed by atoms with E-state index in [1.54, 1.807) is 13.0 Å². The SMILES string of the molecule is Cc1ccc([N+](=O)[O-])cc1NC(=O)c1ccc(-c2cccc([N+](=O)[O-])c2)o1. The molecule has 0 aliphatic heterocycles. The van der Waals surface area contributed by atoms with Crippen LogP contribution in [-0.2, 0) is 0 Å². The Morgan fingerprint density at radius 2 is 1.67 bits per heavy atom. The van der Waals surface area contributed by atoms with Crippen molar-refractivity contribution in [1.82, 2.24) is 0 Å². The van der Waals surface area contributed by atoms with Gasteiger partial charge in [-0.05, 0) is 24.6 Å². The van der Waals surface area contributed by atoms with Crippen molar-refractivity contribution in [1.29, 1.82) is 0 Å². The van der Waals surface area contributed by atoms with Crippen molar-refractivity contribution in [2.45, 2.75) is 6.92 Å². The maximum absolute atomic E-state index is 12.4. The number of nitro benzene ring substituents is 2. The second-order valence-electron chi connectivity index (χ2n) is 5.68. The summed E-state index contributed by atoms with van der Waals surface area (Å²) >= 11 is 0. The highest BCUT2D eigenvalue weighted by Gasteiger charge is 2.16. The average molecular weight is 367 g/mol. The van der Waals surface area contributed by atoms with E-state index in [1.165, 1.54) is 48.5 Å². The first-order valence-electron chi connectivity index (χ1n) is 7.76. The van der Waals surface area contributed by atoms with Gasteiger partial charge >= 0.3 is 0 Å². The third-order valence-electron chi connectivity index (χ3n) is 3.85. The van der Waals surface area contributed by atoms with E-state index < -0.39 is 15.8 Å². The van der Waals surface area contributed by atoms with Crippen LogP contribution in [0.4, 0.5) is 17.1 Å². The van der Waals surface area contributed by atoms with Crippen molar-refractivity contribution in [2.75, 3.05) is 5.32 Å². The lowest BCUT2D eigenvalue weighted by Gasteiger charge is -2.06. The molecule has 2 aromatic carbocycles. The molecule has 136 valence electrons. The van der Waals surface area contributed by atoms with Crippen molar-refractivity contribution in [3.63, 3.8) is 0 Å². The quantitative estimate of drug-likeness (QED) is 0.528. The second-order valence-corrected chi connectivity index (χ2v) is 5.68. The number of furan rings is 1. The van der Waals surface area contributed by atoms with Crippen LogP contribution in [0.25, 0.3) is 11.3 Å². The van der Waals surface area contributed by atoms with E-state index in [9.17, 15) is 25.0 Å². The van der Waals surface area contributed by atoms with Crippen LogP contribution < -0.4 is 5.32 Å². The van der Waals surface area contributed by atoms with Gasteiger partial charge in [-0.2, -0.15) is 0 Å². The van der Waals surface area contributed by atoms with Crippen molar-refractivity contribution < 1.29 is 19.1 Å². The van der Waals surface area contributed by atoms with E-state index in [2.05, 4.69) is 5.32 Å². The number of anilines is 1. The maximum Gasteiger partial charge on any atom is 0.291 e. The van der Waals surface area contributed by atoms with Gasteiger partial charge in [0.1, 0.15) is 5.76 Å². The fourth-order valence-corrected chi connectivity index (χ4v) is 2.43. The molecule has 0 aliphatic rings. The molecule has 9 heteroatoms. The number of rotatable bonds is 5. The lowest BCUT2D eigenvalue weighted by atomic mass is 10.1. The van der Waals surface area contributed by atoms with E-state index in [0.717, 1.165) is 0 Å². The van der Waals surface area contributed by atoms with Gasteiger partial charge in [0, 0.05) is 29.8 Å². The molecule has 0 radical (unpaired) electrons. The lowest BCUT2D eigenvalue weighted by molar-refractivity contribution is -0.385. The Morgan fingerprint density at radius 3 is 2.37 bits per heavy atom. The molecule has 3 aromatic rings. The number of nitro groups is 2. The predicted octanol–water partition coefficient (Wildman–Crippen LogP) is 4.32. The Balaban J connectivity index is 1.84. The van der Waals surface area contributed by atoms with Crippen LogP contribution in [0.15, 0.2) is 59.0 Å². The first kappa shape index (κ1) is 17.8. The first-order chi connectivity index (χ1) is 12.8. The molecule has 3 rings (SSSR count). The van der Waals surface area contributed by atoms with Crippen LogP contribution in [-0.4, -0.2) is 15.8 Å². The minimum Gasteiger partial charge on any atom is -0.451 e. The summed E-state index contributed by atoms with van der Waals surface area (Å²) in [5.41, 5.74) is 1.16. The summed E-state index contributed by atoms with van der Waals surface area (Å²) in [5, 5.41) is 24.3. The smallest absolute Gasteiger partial charge is 0.291 e. The Labute approximate surface area is 152 Å². The third kappa shape index (κ3) is 3.82. The molecule has 1 N–H and O–H groups in total. The van der Waals surface area contributed by atoms with Gasteiger partial charge in [-0.25, -0.2) is 0 Å². The minimum atomic E-state index is -0.588. The van der Waals surface area contributed by atoms with Gasteiger partial charge in [0.25, 0.3) is 17.3 Å². The molecular weight excluding hydrogens is 354 g/mol. The van der Waals surface area contributed by atoms with E-state index in [-0.39, 0.29) is 17.1 Å². The van der Waals surface area contributed by atoms with Gasteiger partial charge < -0.3 is 9.73 Å². The number of carbonyl (C=O) groups is 1. The largest absolute Gasteiger partial charge is 0.451 e. The minimum absolute atomic E-state index is 0.0255. The van der Waals surface area contributed by atoms with Crippen molar-refractivity contribution in [3.05, 3.63) is 86.1 Å². The van der Waals surface area contributed by atoms with Gasteiger partial charge in [0.05, 0.1) is 15.5 Å². The molecule has 0 fully saturated rings. The summed E-state index contributed by atoms with van der Waals surface area (Å²) in [6.07, 6.45) is 0. The molecular formula is C18H13N3O6. The lowest BCUT2D eigenvalue weighted by Crippen LogP contribution is -2.12. The molecule has 0 saturated heterocycles. The number of carbonyl (C=O) groups excluding carboxylic acids is 1.